The molecule has 6 heteroatoms. The van der Waals surface area contributed by atoms with Crippen LogP contribution in [-0.2, 0) is 0 Å². The van der Waals surface area contributed by atoms with Crippen molar-refractivity contribution in [2.24, 2.45) is 5.73 Å². The largest absolute Gasteiger partial charge is 0.493 e. The van der Waals surface area contributed by atoms with Crippen LogP contribution >= 0.6 is 11.3 Å². The number of primary amides is 1. The van der Waals surface area contributed by atoms with Gasteiger partial charge in [-0.15, -0.1) is 0 Å². The van der Waals surface area contributed by atoms with Crippen LogP contribution in [-0.4, -0.2) is 17.5 Å². The van der Waals surface area contributed by atoms with E-state index in [0.717, 1.165) is 10.4 Å². The number of thiazole rings is 1. The molecule has 4 N–H and O–H groups in total. The summed E-state index contributed by atoms with van der Waals surface area (Å²) in [5.74, 6) is -0.0247. The summed E-state index contributed by atoms with van der Waals surface area (Å²) in [5, 5.41) is 0.502. The van der Waals surface area contributed by atoms with E-state index in [4.69, 9.17) is 16.2 Å². The Morgan fingerprint density at radius 1 is 1.50 bits per heavy atom. The van der Waals surface area contributed by atoms with Crippen LogP contribution in [0.1, 0.15) is 17.3 Å². The van der Waals surface area contributed by atoms with Gasteiger partial charge < -0.3 is 16.2 Å². The van der Waals surface area contributed by atoms with Gasteiger partial charge in [0.25, 0.3) is 5.91 Å². The van der Waals surface area contributed by atoms with Crippen LogP contribution in [0.3, 0.4) is 0 Å². The van der Waals surface area contributed by atoms with E-state index in [1.54, 1.807) is 24.4 Å². The number of nitrogen functional groups attached to an aromatic ring is 1. The number of rotatable bonds is 4. The Morgan fingerprint density at radius 3 is 2.83 bits per heavy atom. The van der Waals surface area contributed by atoms with Crippen molar-refractivity contribution in [3.63, 3.8) is 0 Å². The summed E-state index contributed by atoms with van der Waals surface area (Å²) in [7, 11) is 0. The number of carbonyl (C=O) groups is 1. The molecule has 0 spiro atoms. The third-order valence-electron chi connectivity index (χ3n) is 2.35. The Kier molecular flexibility index (Phi) is 3.47. The number of ether oxygens (including phenoxy) is 1. The lowest BCUT2D eigenvalue weighted by Crippen LogP contribution is -2.13. The highest BCUT2D eigenvalue weighted by molar-refractivity contribution is 7.18. The van der Waals surface area contributed by atoms with E-state index < -0.39 is 5.91 Å². The lowest BCUT2D eigenvalue weighted by atomic mass is 10.1. The van der Waals surface area contributed by atoms with Crippen molar-refractivity contribution >= 4 is 22.4 Å². The Morgan fingerprint density at radius 2 is 2.28 bits per heavy atom. The van der Waals surface area contributed by atoms with E-state index in [1.165, 1.54) is 11.3 Å². The molecule has 5 nitrogen and oxygen atoms in total. The SMILES string of the molecule is CCOc1cc(-c2cnc(N)s2)ccc1C(N)=O. The molecule has 0 aliphatic rings. The van der Waals surface area contributed by atoms with Gasteiger partial charge in [-0.1, -0.05) is 17.4 Å². The monoisotopic (exact) mass is 263 g/mol. The minimum absolute atomic E-state index is 0.373. The summed E-state index contributed by atoms with van der Waals surface area (Å²) in [6.07, 6.45) is 1.69. The normalized spacial score (nSPS) is 10.3. The minimum Gasteiger partial charge on any atom is -0.493 e. The second kappa shape index (κ2) is 5.05. The first-order chi connectivity index (χ1) is 8.61. The molecule has 1 amide bonds. The predicted molar refractivity (Wildman–Crippen MR) is 71.6 cm³/mol. The maximum Gasteiger partial charge on any atom is 0.252 e. The first kappa shape index (κ1) is 12.4. The molecule has 0 saturated carbocycles. The Bertz CT molecular complexity index is 580. The molecule has 94 valence electrons. The van der Waals surface area contributed by atoms with Gasteiger partial charge >= 0.3 is 0 Å². The lowest BCUT2D eigenvalue weighted by molar-refractivity contribution is 0.0996. The minimum atomic E-state index is -0.506. The summed E-state index contributed by atoms with van der Waals surface area (Å²) in [4.78, 5) is 16.2. The number of carbonyl (C=O) groups excluding carboxylic acids is 1. The van der Waals surface area contributed by atoms with E-state index in [0.29, 0.717) is 23.1 Å². The number of nitrogens with zero attached hydrogens (tertiary/aromatic N) is 1. The van der Waals surface area contributed by atoms with Crippen LogP contribution < -0.4 is 16.2 Å². The fourth-order valence-electron chi connectivity index (χ4n) is 1.58. The molecular formula is C12H13N3O2S. The Hall–Kier alpha value is -2.08. The Labute approximate surface area is 108 Å². The molecule has 1 aromatic heterocycles. The average Bonchev–Trinajstić information content (AvgIpc) is 2.76. The first-order valence-electron chi connectivity index (χ1n) is 5.40. The van der Waals surface area contributed by atoms with Crippen molar-refractivity contribution in [1.29, 1.82) is 0 Å². The second-order valence-electron chi connectivity index (χ2n) is 3.57. The highest BCUT2D eigenvalue weighted by Gasteiger charge is 2.12. The molecule has 0 bridgehead atoms. The zero-order valence-electron chi connectivity index (χ0n) is 9.84. The van der Waals surface area contributed by atoms with Crippen molar-refractivity contribution in [1.82, 2.24) is 4.98 Å². The molecule has 1 heterocycles. The smallest absolute Gasteiger partial charge is 0.252 e. The third kappa shape index (κ3) is 2.43. The van der Waals surface area contributed by atoms with Crippen LogP contribution in [0.4, 0.5) is 5.13 Å². The van der Waals surface area contributed by atoms with Crippen LogP contribution in [0.15, 0.2) is 24.4 Å². The van der Waals surface area contributed by atoms with E-state index in [1.807, 2.05) is 6.92 Å². The molecular weight excluding hydrogens is 250 g/mol. The molecule has 2 rings (SSSR count). The van der Waals surface area contributed by atoms with E-state index in [2.05, 4.69) is 4.98 Å². The number of benzene rings is 1. The summed E-state index contributed by atoms with van der Waals surface area (Å²) in [6.45, 7) is 2.32. The zero-order chi connectivity index (χ0) is 13.1. The number of nitrogens with two attached hydrogens (primary N) is 2. The van der Waals surface area contributed by atoms with Gasteiger partial charge in [0.05, 0.1) is 17.0 Å². The second-order valence-corrected chi connectivity index (χ2v) is 4.63. The van der Waals surface area contributed by atoms with Crippen molar-refractivity contribution in [2.45, 2.75) is 6.92 Å². The highest BCUT2D eigenvalue weighted by Crippen LogP contribution is 2.31. The maximum absolute atomic E-state index is 11.3. The van der Waals surface area contributed by atoms with Crippen LogP contribution in [0.5, 0.6) is 5.75 Å². The molecule has 0 aliphatic heterocycles. The van der Waals surface area contributed by atoms with Gasteiger partial charge in [0.2, 0.25) is 0 Å². The van der Waals surface area contributed by atoms with E-state index in [9.17, 15) is 4.79 Å². The van der Waals surface area contributed by atoms with Gasteiger partial charge in [-0.3, -0.25) is 4.79 Å². The number of anilines is 1. The maximum atomic E-state index is 11.3. The number of hydrogen-bond acceptors (Lipinski definition) is 5. The molecule has 2 aromatic rings. The van der Waals surface area contributed by atoms with Crippen molar-refractivity contribution in [2.75, 3.05) is 12.3 Å². The predicted octanol–water partition coefficient (Wildman–Crippen LogP) is 1.89. The fourth-order valence-corrected chi connectivity index (χ4v) is 2.26. The quantitative estimate of drug-likeness (QED) is 0.881. The zero-order valence-corrected chi connectivity index (χ0v) is 10.7. The summed E-state index contributed by atoms with van der Waals surface area (Å²) in [6, 6.07) is 5.23. The molecule has 18 heavy (non-hydrogen) atoms. The molecule has 0 atom stereocenters. The number of aromatic nitrogens is 1. The summed E-state index contributed by atoms with van der Waals surface area (Å²) >= 11 is 1.38. The molecule has 0 aliphatic carbocycles. The molecule has 1 aromatic carbocycles. The third-order valence-corrected chi connectivity index (χ3v) is 3.23. The average molecular weight is 263 g/mol. The summed E-state index contributed by atoms with van der Waals surface area (Å²) < 4.78 is 5.42. The lowest BCUT2D eigenvalue weighted by Gasteiger charge is -2.09. The number of amides is 1. The first-order valence-corrected chi connectivity index (χ1v) is 6.21. The number of hydrogen-bond donors (Lipinski definition) is 2. The Balaban J connectivity index is 2.45. The highest BCUT2D eigenvalue weighted by atomic mass is 32.1. The van der Waals surface area contributed by atoms with Gasteiger partial charge in [0, 0.05) is 6.20 Å². The van der Waals surface area contributed by atoms with Gasteiger partial charge in [0.15, 0.2) is 5.13 Å². The molecule has 0 unspecified atom stereocenters. The van der Waals surface area contributed by atoms with Crippen LogP contribution in [0, 0.1) is 0 Å². The molecule has 0 radical (unpaired) electrons. The van der Waals surface area contributed by atoms with Crippen molar-refractivity contribution in [3.8, 4) is 16.2 Å². The van der Waals surface area contributed by atoms with Crippen LogP contribution in [0.2, 0.25) is 0 Å². The van der Waals surface area contributed by atoms with E-state index >= 15 is 0 Å². The van der Waals surface area contributed by atoms with Gasteiger partial charge in [0.1, 0.15) is 5.75 Å². The van der Waals surface area contributed by atoms with Gasteiger partial charge in [-0.05, 0) is 24.6 Å². The summed E-state index contributed by atoms with van der Waals surface area (Å²) in [5.41, 5.74) is 12.2. The van der Waals surface area contributed by atoms with Gasteiger partial charge in [-0.2, -0.15) is 0 Å². The molecule has 0 saturated heterocycles. The van der Waals surface area contributed by atoms with Crippen molar-refractivity contribution < 1.29 is 9.53 Å². The molecule has 0 fully saturated rings. The van der Waals surface area contributed by atoms with E-state index in [-0.39, 0.29) is 0 Å². The topological polar surface area (TPSA) is 91.2 Å². The van der Waals surface area contributed by atoms with Gasteiger partial charge in [-0.25, -0.2) is 4.98 Å². The van der Waals surface area contributed by atoms with Crippen molar-refractivity contribution in [3.05, 3.63) is 30.0 Å². The standard InChI is InChI=1S/C12H13N3O2S/c1-2-17-9-5-7(3-4-8(9)11(13)16)10-6-15-12(14)18-10/h3-6H,2H2,1H3,(H2,13,16)(H2,14,15). The van der Waals surface area contributed by atoms with Crippen LogP contribution in [0.25, 0.3) is 10.4 Å². The fraction of sp³-hybridized carbons (Fsp3) is 0.167.